The second-order valence-electron chi connectivity index (χ2n) is 8.82. The van der Waals surface area contributed by atoms with Crippen LogP contribution in [0.25, 0.3) is 5.57 Å². The molecule has 2 aromatic carbocycles. The lowest BCUT2D eigenvalue weighted by atomic mass is 9.99. The van der Waals surface area contributed by atoms with Crippen LogP contribution in [0.1, 0.15) is 44.4 Å². The Morgan fingerprint density at radius 2 is 1.30 bits per heavy atom. The normalized spacial score (nSPS) is 18.0. The highest BCUT2D eigenvalue weighted by Crippen LogP contribution is 2.52. The maximum Gasteiger partial charge on any atom is 0.0880 e. The van der Waals surface area contributed by atoms with E-state index in [9.17, 15) is 0 Å². The van der Waals surface area contributed by atoms with Crippen LogP contribution in [-0.4, -0.2) is 8.07 Å². The third kappa shape index (κ3) is 2.71. The molecule has 0 saturated carbocycles. The molecule has 1 heteroatoms. The van der Waals surface area contributed by atoms with Crippen LogP contribution in [0.4, 0.5) is 0 Å². The second kappa shape index (κ2) is 6.49. The first kappa shape index (κ1) is 18.2. The van der Waals surface area contributed by atoms with E-state index in [0.717, 1.165) is 6.42 Å². The summed E-state index contributed by atoms with van der Waals surface area (Å²) in [5.74, 6) is 0. The van der Waals surface area contributed by atoms with Crippen LogP contribution in [0.5, 0.6) is 0 Å². The van der Waals surface area contributed by atoms with Crippen molar-refractivity contribution in [1.29, 1.82) is 0 Å². The topological polar surface area (TPSA) is 0 Å². The van der Waals surface area contributed by atoms with E-state index in [1.807, 2.05) is 0 Å². The minimum Gasteiger partial charge on any atom is -0.0673 e. The maximum atomic E-state index is 2.60. The Kier molecular flexibility index (Phi) is 4.39. The zero-order chi connectivity index (χ0) is 19.3. The average molecular weight is 371 g/mol. The largest absolute Gasteiger partial charge is 0.0880 e. The number of fused-ring (bicyclic) bond motifs is 1. The quantitative estimate of drug-likeness (QED) is 0.495. The smallest absolute Gasteiger partial charge is 0.0673 e. The second-order valence-corrected chi connectivity index (χ2v) is 13.4. The lowest BCUT2D eigenvalue weighted by Crippen LogP contribution is -2.37. The molecule has 2 aromatic rings. The van der Waals surface area contributed by atoms with Crippen molar-refractivity contribution in [3.8, 4) is 0 Å². The van der Waals surface area contributed by atoms with Gasteiger partial charge in [-0.25, -0.2) is 0 Å². The SMILES string of the molecule is CC1=C(C)C([Si](C)(C)C2=C(c3ccccc3)c3ccccc3C2)C(C)=C1C. The molecule has 0 spiro atoms. The van der Waals surface area contributed by atoms with Crippen molar-refractivity contribution in [3.63, 3.8) is 0 Å². The van der Waals surface area contributed by atoms with Crippen molar-refractivity contribution >= 4 is 13.6 Å². The van der Waals surface area contributed by atoms with Crippen LogP contribution in [0.3, 0.4) is 0 Å². The van der Waals surface area contributed by atoms with Gasteiger partial charge in [-0.05, 0) is 67.5 Å². The highest BCUT2D eigenvalue weighted by atomic mass is 28.3. The number of rotatable bonds is 3. The fraction of sp³-hybridized carbons (Fsp3) is 0.308. The molecular weight excluding hydrogens is 340 g/mol. The summed E-state index contributed by atoms with van der Waals surface area (Å²) in [6.07, 6.45) is 1.12. The molecule has 0 N–H and O–H groups in total. The van der Waals surface area contributed by atoms with Crippen molar-refractivity contribution in [2.24, 2.45) is 0 Å². The number of hydrogen-bond donors (Lipinski definition) is 0. The standard InChI is InChI=1S/C26H30Si/c1-17-18(2)20(4)26(19(17)3)27(5,6)24-16-22-14-10-11-15-23(22)25(24)21-12-8-7-9-13-21/h7-15,26H,16H2,1-6H3. The molecule has 0 amide bonds. The average Bonchev–Trinajstić information content (AvgIpc) is 3.15. The first-order valence-electron chi connectivity index (χ1n) is 10.1. The Balaban J connectivity index is 1.93. The van der Waals surface area contributed by atoms with E-state index < -0.39 is 8.07 Å². The van der Waals surface area contributed by atoms with Crippen molar-refractivity contribution in [2.45, 2.75) is 52.8 Å². The van der Waals surface area contributed by atoms with Gasteiger partial charge in [-0.2, -0.15) is 0 Å². The summed E-state index contributed by atoms with van der Waals surface area (Å²) >= 11 is 0. The van der Waals surface area contributed by atoms with Gasteiger partial charge in [0.05, 0.1) is 8.07 Å². The van der Waals surface area contributed by atoms with Gasteiger partial charge in [0, 0.05) is 5.54 Å². The van der Waals surface area contributed by atoms with Crippen LogP contribution < -0.4 is 0 Å². The van der Waals surface area contributed by atoms with Crippen molar-refractivity contribution in [1.82, 2.24) is 0 Å². The zero-order valence-electron chi connectivity index (χ0n) is 17.5. The molecule has 0 aromatic heterocycles. The fourth-order valence-corrected chi connectivity index (χ4v) is 9.97. The monoisotopic (exact) mass is 370 g/mol. The predicted molar refractivity (Wildman–Crippen MR) is 121 cm³/mol. The predicted octanol–water partition coefficient (Wildman–Crippen LogP) is 7.35. The Bertz CT molecular complexity index is 976. The van der Waals surface area contributed by atoms with Gasteiger partial charge in [0.2, 0.25) is 0 Å². The highest BCUT2D eigenvalue weighted by molar-refractivity contribution is 6.88. The third-order valence-electron chi connectivity index (χ3n) is 7.13. The molecule has 0 nitrogen and oxygen atoms in total. The zero-order valence-corrected chi connectivity index (χ0v) is 18.5. The van der Waals surface area contributed by atoms with Gasteiger partial charge in [0.15, 0.2) is 0 Å². The molecule has 4 rings (SSSR count). The first-order valence-corrected chi connectivity index (χ1v) is 13.1. The van der Waals surface area contributed by atoms with Crippen molar-refractivity contribution in [3.05, 3.63) is 98.8 Å². The summed E-state index contributed by atoms with van der Waals surface area (Å²) in [6.45, 7) is 14.6. The molecule has 2 aliphatic carbocycles. The lowest BCUT2D eigenvalue weighted by Gasteiger charge is -2.35. The van der Waals surface area contributed by atoms with E-state index >= 15 is 0 Å². The summed E-state index contributed by atoms with van der Waals surface area (Å²) in [4.78, 5) is 0. The number of benzene rings is 2. The highest BCUT2D eigenvalue weighted by Gasteiger charge is 2.44. The van der Waals surface area contributed by atoms with Gasteiger partial charge in [-0.1, -0.05) is 84.0 Å². The molecule has 0 unspecified atom stereocenters. The van der Waals surface area contributed by atoms with Crippen LogP contribution >= 0.6 is 0 Å². The van der Waals surface area contributed by atoms with Crippen molar-refractivity contribution in [2.75, 3.05) is 0 Å². The third-order valence-corrected chi connectivity index (χ3v) is 11.4. The minimum absolute atomic E-state index is 0.625. The van der Waals surface area contributed by atoms with Crippen LogP contribution in [0.15, 0.2) is 82.1 Å². The van der Waals surface area contributed by atoms with E-state index in [-0.39, 0.29) is 0 Å². The summed E-state index contributed by atoms with van der Waals surface area (Å²) in [6, 6.07) is 20.1. The molecule has 27 heavy (non-hydrogen) atoms. The van der Waals surface area contributed by atoms with Gasteiger partial charge in [-0.15, -0.1) is 0 Å². The van der Waals surface area contributed by atoms with Crippen LogP contribution in [0.2, 0.25) is 18.6 Å². The maximum absolute atomic E-state index is 2.60. The van der Waals surface area contributed by atoms with Crippen LogP contribution in [-0.2, 0) is 6.42 Å². The van der Waals surface area contributed by atoms with E-state index in [2.05, 4.69) is 95.4 Å². The molecule has 138 valence electrons. The molecular formula is C26H30Si. The number of hydrogen-bond acceptors (Lipinski definition) is 0. The summed E-state index contributed by atoms with van der Waals surface area (Å²) in [5.41, 5.74) is 12.7. The van der Waals surface area contributed by atoms with E-state index in [4.69, 9.17) is 0 Å². The Labute approximate surface area is 165 Å². The molecule has 0 atom stereocenters. The molecule has 0 radical (unpaired) electrons. The molecule has 0 fully saturated rings. The summed E-state index contributed by atoms with van der Waals surface area (Å²) < 4.78 is 0. The fourth-order valence-electron chi connectivity index (χ4n) is 5.45. The Morgan fingerprint density at radius 1 is 0.741 bits per heavy atom. The van der Waals surface area contributed by atoms with E-state index in [1.54, 1.807) is 16.3 Å². The van der Waals surface area contributed by atoms with E-state index in [1.165, 1.54) is 33.4 Å². The van der Waals surface area contributed by atoms with E-state index in [0.29, 0.717) is 5.54 Å². The molecule has 0 saturated heterocycles. The molecule has 0 heterocycles. The molecule has 2 aliphatic rings. The van der Waals surface area contributed by atoms with Crippen LogP contribution in [0, 0.1) is 0 Å². The van der Waals surface area contributed by atoms with Crippen molar-refractivity contribution < 1.29 is 0 Å². The molecule has 0 bridgehead atoms. The van der Waals surface area contributed by atoms with Gasteiger partial charge < -0.3 is 0 Å². The van der Waals surface area contributed by atoms with Gasteiger partial charge in [-0.3, -0.25) is 0 Å². The summed E-state index contributed by atoms with van der Waals surface area (Å²) in [5, 5.41) is 1.72. The Hall–Kier alpha value is -2.12. The minimum atomic E-state index is -1.73. The summed E-state index contributed by atoms with van der Waals surface area (Å²) in [7, 11) is -1.73. The van der Waals surface area contributed by atoms with Gasteiger partial charge in [0.25, 0.3) is 0 Å². The van der Waals surface area contributed by atoms with Gasteiger partial charge in [0.1, 0.15) is 0 Å². The first-order chi connectivity index (χ1) is 12.8. The van der Waals surface area contributed by atoms with Gasteiger partial charge >= 0.3 is 0 Å². The lowest BCUT2D eigenvalue weighted by molar-refractivity contribution is 1.06. The number of allylic oxidation sites excluding steroid dienone is 5. The molecule has 0 aliphatic heterocycles. The Morgan fingerprint density at radius 3 is 1.93 bits per heavy atom.